The zero-order valence-electron chi connectivity index (χ0n) is 10.6. The molecule has 0 aromatic heterocycles. The normalized spacial score (nSPS) is 28.4. The van der Waals surface area contributed by atoms with Crippen LogP contribution in [0.5, 0.6) is 0 Å². The van der Waals surface area contributed by atoms with Crippen LogP contribution in [0.15, 0.2) is 24.3 Å². The molecule has 1 atom stereocenters. The lowest BCUT2D eigenvalue weighted by molar-refractivity contribution is -0.125. The molecule has 1 heteroatoms. The van der Waals surface area contributed by atoms with Crippen LogP contribution in [0.3, 0.4) is 0 Å². The van der Waals surface area contributed by atoms with Crippen LogP contribution < -0.4 is 0 Å². The summed E-state index contributed by atoms with van der Waals surface area (Å²) in [6.07, 6.45) is 1.69. The predicted molar refractivity (Wildman–Crippen MR) is 66.6 cm³/mol. The molecule has 1 aromatic carbocycles. The topological polar surface area (TPSA) is 17.1 Å². The number of carbonyl (C=O) groups excluding carboxylic acids is 1. The van der Waals surface area contributed by atoms with E-state index in [4.69, 9.17) is 0 Å². The van der Waals surface area contributed by atoms with Gasteiger partial charge in [-0.05, 0) is 18.9 Å². The molecule has 16 heavy (non-hydrogen) atoms. The van der Waals surface area contributed by atoms with Crippen LogP contribution >= 0.6 is 0 Å². The largest absolute Gasteiger partial charge is 0.299 e. The molecular formula is C15H20O. The summed E-state index contributed by atoms with van der Waals surface area (Å²) >= 11 is 0. The fraction of sp³-hybridized carbons (Fsp3) is 0.533. The first-order chi connectivity index (χ1) is 7.38. The summed E-state index contributed by atoms with van der Waals surface area (Å²) in [5.41, 5.74) is 2.34. The van der Waals surface area contributed by atoms with Crippen molar-refractivity contribution in [1.82, 2.24) is 0 Å². The van der Waals surface area contributed by atoms with Gasteiger partial charge in [-0.25, -0.2) is 0 Å². The average molecular weight is 216 g/mol. The van der Waals surface area contributed by atoms with E-state index in [0.717, 1.165) is 12.8 Å². The minimum atomic E-state index is -0.235. The van der Waals surface area contributed by atoms with Crippen LogP contribution in [0, 0.1) is 12.3 Å². The third-order valence-corrected chi connectivity index (χ3v) is 4.58. The van der Waals surface area contributed by atoms with E-state index in [1.165, 1.54) is 11.1 Å². The minimum Gasteiger partial charge on any atom is -0.299 e. The maximum absolute atomic E-state index is 12.0. The van der Waals surface area contributed by atoms with Gasteiger partial charge in [0.2, 0.25) is 0 Å². The van der Waals surface area contributed by atoms with Gasteiger partial charge in [-0.3, -0.25) is 4.79 Å². The van der Waals surface area contributed by atoms with Gasteiger partial charge < -0.3 is 0 Å². The van der Waals surface area contributed by atoms with E-state index in [1.54, 1.807) is 0 Å². The summed E-state index contributed by atoms with van der Waals surface area (Å²) < 4.78 is 0. The average Bonchev–Trinajstić information content (AvgIpc) is 2.43. The molecule has 1 aliphatic rings. The van der Waals surface area contributed by atoms with Crippen LogP contribution in [0.1, 0.15) is 44.7 Å². The summed E-state index contributed by atoms with van der Waals surface area (Å²) in [6.45, 7) is 8.51. The summed E-state index contributed by atoms with van der Waals surface area (Å²) in [5.74, 6) is 0.400. The highest BCUT2D eigenvalue weighted by atomic mass is 16.1. The number of Topliss-reactive ketones (excluding diaryl/α,β-unsaturated/α-hetero) is 1. The molecule has 86 valence electrons. The van der Waals surface area contributed by atoms with Gasteiger partial charge in [0, 0.05) is 17.3 Å². The molecule has 0 heterocycles. The van der Waals surface area contributed by atoms with Crippen molar-refractivity contribution < 1.29 is 4.79 Å². The first kappa shape index (κ1) is 11.4. The highest BCUT2D eigenvalue weighted by molar-refractivity contribution is 5.88. The Balaban J connectivity index is 2.51. The molecule has 1 aliphatic carbocycles. The Morgan fingerprint density at radius 2 is 1.88 bits per heavy atom. The molecular weight excluding hydrogens is 196 g/mol. The quantitative estimate of drug-likeness (QED) is 0.700. The first-order valence-corrected chi connectivity index (χ1v) is 5.98. The second kappa shape index (κ2) is 3.44. The van der Waals surface area contributed by atoms with Gasteiger partial charge in [0.05, 0.1) is 0 Å². The smallest absolute Gasteiger partial charge is 0.139 e. The van der Waals surface area contributed by atoms with Crippen molar-refractivity contribution >= 4 is 5.78 Å². The summed E-state index contributed by atoms with van der Waals surface area (Å²) in [5, 5.41) is 0. The van der Waals surface area contributed by atoms with Crippen molar-refractivity contribution in [1.29, 1.82) is 0 Å². The number of aryl methyl sites for hydroxylation is 1. The number of carbonyl (C=O) groups is 1. The van der Waals surface area contributed by atoms with Crippen molar-refractivity contribution in [3.8, 4) is 0 Å². The SMILES string of the molecule is Cc1cccc(C2(C)CCC(=O)C2(C)C)c1. The van der Waals surface area contributed by atoms with Crippen LogP contribution in [0.25, 0.3) is 0 Å². The highest BCUT2D eigenvalue weighted by Gasteiger charge is 2.51. The Morgan fingerprint density at radius 1 is 1.19 bits per heavy atom. The second-order valence-corrected chi connectivity index (χ2v) is 5.75. The van der Waals surface area contributed by atoms with Gasteiger partial charge in [0.15, 0.2) is 0 Å². The lowest BCUT2D eigenvalue weighted by Crippen LogP contribution is -2.38. The fourth-order valence-corrected chi connectivity index (χ4v) is 2.79. The van der Waals surface area contributed by atoms with Gasteiger partial charge in [-0.2, -0.15) is 0 Å². The van der Waals surface area contributed by atoms with Crippen molar-refractivity contribution in [3.63, 3.8) is 0 Å². The molecule has 1 saturated carbocycles. The molecule has 1 nitrogen and oxygen atoms in total. The third kappa shape index (κ3) is 1.41. The van der Waals surface area contributed by atoms with Crippen molar-refractivity contribution in [2.45, 2.75) is 46.0 Å². The number of hydrogen-bond donors (Lipinski definition) is 0. The molecule has 2 rings (SSSR count). The Morgan fingerprint density at radius 3 is 2.38 bits per heavy atom. The van der Waals surface area contributed by atoms with Gasteiger partial charge in [0.25, 0.3) is 0 Å². The summed E-state index contributed by atoms with van der Waals surface area (Å²) in [7, 11) is 0. The Labute approximate surface area is 97.9 Å². The highest BCUT2D eigenvalue weighted by Crippen LogP contribution is 2.51. The Kier molecular flexibility index (Phi) is 2.45. The lowest BCUT2D eigenvalue weighted by Gasteiger charge is -2.37. The summed E-state index contributed by atoms with van der Waals surface area (Å²) in [6, 6.07) is 8.58. The van der Waals surface area contributed by atoms with Crippen molar-refractivity contribution in [2.24, 2.45) is 5.41 Å². The lowest BCUT2D eigenvalue weighted by atomic mass is 9.65. The zero-order valence-corrected chi connectivity index (χ0v) is 10.6. The maximum Gasteiger partial charge on any atom is 0.139 e. The van der Waals surface area contributed by atoms with E-state index in [-0.39, 0.29) is 10.8 Å². The molecule has 1 aromatic rings. The van der Waals surface area contributed by atoms with Gasteiger partial charge in [-0.1, -0.05) is 50.6 Å². The molecule has 0 saturated heterocycles. The van der Waals surface area contributed by atoms with E-state index < -0.39 is 0 Å². The van der Waals surface area contributed by atoms with Crippen molar-refractivity contribution in [3.05, 3.63) is 35.4 Å². The van der Waals surface area contributed by atoms with Gasteiger partial charge >= 0.3 is 0 Å². The third-order valence-electron chi connectivity index (χ3n) is 4.58. The van der Waals surface area contributed by atoms with E-state index in [1.807, 2.05) is 0 Å². The van der Waals surface area contributed by atoms with E-state index >= 15 is 0 Å². The monoisotopic (exact) mass is 216 g/mol. The number of hydrogen-bond acceptors (Lipinski definition) is 1. The number of rotatable bonds is 1. The predicted octanol–water partition coefficient (Wildman–Crippen LogP) is 3.64. The van der Waals surface area contributed by atoms with Crippen LogP contribution in [-0.2, 0) is 10.2 Å². The standard InChI is InChI=1S/C15H20O/c1-11-6-5-7-12(10-11)15(4)9-8-13(16)14(15,2)3/h5-7,10H,8-9H2,1-4H3. The Hall–Kier alpha value is -1.11. The molecule has 0 radical (unpaired) electrons. The second-order valence-electron chi connectivity index (χ2n) is 5.75. The van der Waals surface area contributed by atoms with Gasteiger partial charge in [0.1, 0.15) is 5.78 Å². The molecule has 1 fully saturated rings. The molecule has 0 aliphatic heterocycles. The number of ketones is 1. The first-order valence-electron chi connectivity index (χ1n) is 5.98. The zero-order chi connectivity index (χ0) is 12.0. The molecule has 0 amide bonds. The summed E-state index contributed by atoms with van der Waals surface area (Å²) in [4.78, 5) is 12.0. The molecule has 1 unspecified atom stereocenters. The number of benzene rings is 1. The minimum absolute atomic E-state index is 0.00387. The van der Waals surface area contributed by atoms with E-state index in [2.05, 4.69) is 52.0 Å². The molecule has 0 bridgehead atoms. The van der Waals surface area contributed by atoms with E-state index in [0.29, 0.717) is 5.78 Å². The molecule has 0 N–H and O–H groups in total. The maximum atomic E-state index is 12.0. The van der Waals surface area contributed by atoms with E-state index in [9.17, 15) is 4.79 Å². The van der Waals surface area contributed by atoms with Crippen LogP contribution in [0.4, 0.5) is 0 Å². The van der Waals surface area contributed by atoms with Crippen molar-refractivity contribution in [2.75, 3.05) is 0 Å². The Bertz CT molecular complexity index is 431. The molecule has 0 spiro atoms. The van der Waals surface area contributed by atoms with Crippen LogP contribution in [-0.4, -0.2) is 5.78 Å². The van der Waals surface area contributed by atoms with Gasteiger partial charge in [-0.15, -0.1) is 0 Å². The fourth-order valence-electron chi connectivity index (χ4n) is 2.79. The van der Waals surface area contributed by atoms with Crippen LogP contribution in [0.2, 0.25) is 0 Å².